The molecule has 0 unspecified atom stereocenters. The van der Waals surface area contributed by atoms with Gasteiger partial charge < -0.3 is 5.32 Å². The number of benzene rings is 1. The van der Waals surface area contributed by atoms with Crippen LogP contribution >= 0.6 is 0 Å². The van der Waals surface area contributed by atoms with Crippen molar-refractivity contribution < 1.29 is 8.42 Å². The highest BCUT2D eigenvalue weighted by Gasteiger charge is 2.42. The summed E-state index contributed by atoms with van der Waals surface area (Å²) in [5.74, 6) is 0. The monoisotopic (exact) mass is 347 g/mol. The molecule has 4 rings (SSSR count). The van der Waals surface area contributed by atoms with Crippen LogP contribution < -0.4 is 10.0 Å². The fourth-order valence-electron chi connectivity index (χ4n) is 3.53. The van der Waals surface area contributed by atoms with Crippen molar-refractivity contribution in [2.75, 3.05) is 18.4 Å². The van der Waals surface area contributed by atoms with Crippen LogP contribution in [0.25, 0.3) is 0 Å². The number of nitrogens with one attached hydrogen (secondary N) is 2. The van der Waals surface area contributed by atoms with Crippen LogP contribution in [0.5, 0.6) is 0 Å². The second-order valence-electron chi connectivity index (χ2n) is 6.61. The minimum absolute atomic E-state index is 0.327. The second-order valence-corrected chi connectivity index (χ2v) is 8.26. The molecule has 2 N–H and O–H groups in total. The molecule has 0 saturated carbocycles. The first-order valence-corrected chi connectivity index (χ1v) is 9.55. The number of fused-ring (bicyclic) bond motifs is 1. The molecule has 0 radical (unpaired) electrons. The number of para-hydroxylation sites is 1. The van der Waals surface area contributed by atoms with E-state index in [0.717, 1.165) is 32.5 Å². The molecule has 1 spiro atoms. The van der Waals surface area contributed by atoms with Gasteiger partial charge in [-0.05, 0) is 25.0 Å². The summed E-state index contributed by atoms with van der Waals surface area (Å²) in [5, 5.41) is 7.62. The van der Waals surface area contributed by atoms with Crippen LogP contribution in [0.4, 0.5) is 5.69 Å². The summed E-state index contributed by atoms with van der Waals surface area (Å²) in [6.45, 7) is 2.49. The molecule has 3 heterocycles. The summed E-state index contributed by atoms with van der Waals surface area (Å²) in [5.41, 5.74) is 1.28. The maximum atomic E-state index is 12.5. The molecule has 1 saturated heterocycles. The van der Waals surface area contributed by atoms with E-state index in [0.29, 0.717) is 10.6 Å². The Bertz CT molecular complexity index is 853. The Labute approximate surface area is 141 Å². The van der Waals surface area contributed by atoms with Crippen LogP contribution in [0, 0.1) is 0 Å². The third-order valence-corrected chi connectivity index (χ3v) is 6.35. The van der Waals surface area contributed by atoms with E-state index in [1.54, 1.807) is 16.8 Å². The molecular formula is C16H21N5O2S. The lowest BCUT2D eigenvalue weighted by Crippen LogP contribution is -2.61. The van der Waals surface area contributed by atoms with Gasteiger partial charge in [0.05, 0.1) is 11.9 Å². The van der Waals surface area contributed by atoms with E-state index in [2.05, 4.69) is 20.0 Å². The van der Waals surface area contributed by atoms with Gasteiger partial charge >= 0.3 is 0 Å². The standard InChI is InChI=1S/C16H21N5O2S/c1-20-11-13(10-17-20)12-21-8-6-16(7-9-21)18-14-4-2-3-5-15(14)24(22,23)19-16/h2-5,10-11,18-19H,6-9,12H2,1H3. The van der Waals surface area contributed by atoms with Gasteiger partial charge in [0.15, 0.2) is 0 Å². The highest BCUT2D eigenvalue weighted by Crippen LogP contribution is 2.34. The Morgan fingerprint density at radius 2 is 2.00 bits per heavy atom. The van der Waals surface area contributed by atoms with Gasteiger partial charge in [0, 0.05) is 38.4 Å². The van der Waals surface area contributed by atoms with Crippen LogP contribution in [0.15, 0.2) is 41.6 Å². The zero-order valence-electron chi connectivity index (χ0n) is 13.6. The number of rotatable bonds is 2. The molecule has 2 aromatic rings. The third kappa shape index (κ3) is 2.81. The van der Waals surface area contributed by atoms with E-state index in [4.69, 9.17) is 0 Å². The average molecular weight is 347 g/mol. The highest BCUT2D eigenvalue weighted by molar-refractivity contribution is 7.89. The van der Waals surface area contributed by atoms with Gasteiger partial charge in [-0.25, -0.2) is 8.42 Å². The van der Waals surface area contributed by atoms with Crippen LogP contribution in [-0.4, -0.2) is 41.9 Å². The molecule has 128 valence electrons. The number of sulfonamides is 1. The molecule has 1 fully saturated rings. The molecule has 1 aromatic carbocycles. The van der Waals surface area contributed by atoms with Gasteiger partial charge in [-0.3, -0.25) is 9.58 Å². The Kier molecular flexibility index (Phi) is 3.63. The molecule has 0 atom stereocenters. The number of aromatic nitrogens is 2. The summed E-state index contributed by atoms with van der Waals surface area (Å²) in [6.07, 6.45) is 5.34. The summed E-state index contributed by atoms with van der Waals surface area (Å²) < 4.78 is 29.8. The smallest absolute Gasteiger partial charge is 0.244 e. The van der Waals surface area contributed by atoms with Crippen LogP contribution in [0.3, 0.4) is 0 Å². The zero-order chi connectivity index (χ0) is 16.8. The molecule has 24 heavy (non-hydrogen) atoms. The first kappa shape index (κ1) is 15.6. The molecule has 0 bridgehead atoms. The van der Waals surface area contributed by atoms with E-state index in [1.807, 2.05) is 31.6 Å². The van der Waals surface area contributed by atoms with E-state index >= 15 is 0 Å². The fourth-order valence-corrected chi connectivity index (χ4v) is 5.08. The van der Waals surface area contributed by atoms with Crippen LogP contribution in [0.2, 0.25) is 0 Å². The third-order valence-electron chi connectivity index (χ3n) is 4.75. The minimum Gasteiger partial charge on any atom is -0.365 e. The summed E-state index contributed by atoms with van der Waals surface area (Å²) in [4.78, 5) is 2.66. The van der Waals surface area contributed by atoms with Crippen molar-refractivity contribution in [3.05, 3.63) is 42.2 Å². The summed E-state index contributed by atoms with van der Waals surface area (Å²) >= 11 is 0. The Morgan fingerprint density at radius 1 is 1.25 bits per heavy atom. The second kappa shape index (κ2) is 5.58. The first-order valence-electron chi connectivity index (χ1n) is 8.07. The minimum atomic E-state index is -3.47. The van der Waals surface area contributed by atoms with Gasteiger partial charge in [0.2, 0.25) is 10.0 Å². The predicted molar refractivity (Wildman–Crippen MR) is 90.8 cm³/mol. The number of aryl methyl sites for hydroxylation is 1. The maximum absolute atomic E-state index is 12.5. The summed E-state index contributed by atoms with van der Waals surface area (Å²) in [6, 6.07) is 7.07. The Morgan fingerprint density at radius 3 is 2.71 bits per heavy atom. The first-order chi connectivity index (χ1) is 11.5. The lowest BCUT2D eigenvalue weighted by Gasteiger charge is -2.45. The average Bonchev–Trinajstić information content (AvgIpc) is 2.94. The van der Waals surface area contributed by atoms with Crippen molar-refractivity contribution in [3.63, 3.8) is 0 Å². The summed E-state index contributed by atoms with van der Waals surface area (Å²) in [7, 11) is -1.56. The predicted octanol–water partition coefficient (Wildman–Crippen LogP) is 1.12. The van der Waals surface area contributed by atoms with Gasteiger partial charge in [0.25, 0.3) is 0 Å². The van der Waals surface area contributed by atoms with Gasteiger partial charge in [0.1, 0.15) is 10.6 Å². The number of piperidine rings is 1. The van der Waals surface area contributed by atoms with Crippen molar-refractivity contribution in [2.24, 2.45) is 7.05 Å². The maximum Gasteiger partial charge on any atom is 0.244 e. The van der Waals surface area contributed by atoms with Crippen LogP contribution in [0.1, 0.15) is 18.4 Å². The van der Waals surface area contributed by atoms with E-state index in [1.165, 1.54) is 5.56 Å². The number of anilines is 1. The van der Waals surface area contributed by atoms with Crippen LogP contribution in [-0.2, 0) is 23.6 Å². The lowest BCUT2D eigenvalue weighted by atomic mass is 9.97. The normalized spacial score (nSPS) is 22.0. The highest BCUT2D eigenvalue weighted by atomic mass is 32.2. The SMILES string of the molecule is Cn1cc(CN2CCC3(CC2)Nc2ccccc2S(=O)(=O)N3)cn1. The Hall–Kier alpha value is -1.90. The largest absolute Gasteiger partial charge is 0.365 e. The topological polar surface area (TPSA) is 79.3 Å². The molecule has 0 aliphatic carbocycles. The molecule has 0 amide bonds. The van der Waals surface area contributed by atoms with Crippen molar-refractivity contribution in [1.82, 2.24) is 19.4 Å². The van der Waals surface area contributed by atoms with E-state index in [9.17, 15) is 8.42 Å². The molecule has 7 nitrogen and oxygen atoms in total. The van der Waals surface area contributed by atoms with E-state index in [-0.39, 0.29) is 0 Å². The van der Waals surface area contributed by atoms with Crippen molar-refractivity contribution in [1.29, 1.82) is 0 Å². The molecule has 2 aliphatic heterocycles. The quantitative estimate of drug-likeness (QED) is 0.851. The van der Waals surface area contributed by atoms with E-state index < -0.39 is 15.7 Å². The molecule has 1 aromatic heterocycles. The number of hydrogen-bond donors (Lipinski definition) is 2. The zero-order valence-corrected chi connectivity index (χ0v) is 14.4. The number of likely N-dealkylation sites (tertiary alicyclic amines) is 1. The van der Waals surface area contributed by atoms with Crippen molar-refractivity contribution in [3.8, 4) is 0 Å². The van der Waals surface area contributed by atoms with Gasteiger partial charge in [-0.2, -0.15) is 9.82 Å². The lowest BCUT2D eigenvalue weighted by molar-refractivity contribution is 0.159. The van der Waals surface area contributed by atoms with Gasteiger partial charge in [-0.15, -0.1) is 0 Å². The van der Waals surface area contributed by atoms with Crippen molar-refractivity contribution >= 4 is 15.7 Å². The number of nitrogens with zero attached hydrogens (tertiary/aromatic N) is 3. The van der Waals surface area contributed by atoms with Gasteiger partial charge in [-0.1, -0.05) is 12.1 Å². The fraction of sp³-hybridized carbons (Fsp3) is 0.438. The molecular weight excluding hydrogens is 326 g/mol. The number of hydrogen-bond acceptors (Lipinski definition) is 5. The molecule has 8 heteroatoms. The van der Waals surface area contributed by atoms with Crippen molar-refractivity contribution in [2.45, 2.75) is 29.9 Å². The molecule has 2 aliphatic rings. The Balaban J connectivity index is 1.49.